The van der Waals surface area contributed by atoms with Gasteiger partial charge < -0.3 is 0 Å². The highest BCUT2D eigenvalue weighted by Gasteiger charge is 1.99. The summed E-state index contributed by atoms with van der Waals surface area (Å²) in [5.74, 6) is -0.397. The van der Waals surface area contributed by atoms with E-state index in [0.717, 1.165) is 0 Å². The van der Waals surface area contributed by atoms with Crippen molar-refractivity contribution in [2.45, 2.75) is 0 Å². The number of aldehydes is 1. The number of halogens is 2. The van der Waals surface area contributed by atoms with E-state index in [1.807, 2.05) is 0 Å². The van der Waals surface area contributed by atoms with Gasteiger partial charge in [-0.05, 0) is 34.7 Å². The molecule has 1 rings (SSSR count). The zero-order valence-electron chi connectivity index (χ0n) is 4.84. The summed E-state index contributed by atoms with van der Waals surface area (Å²) in [6.45, 7) is 0. The number of nitrogens with zero attached hydrogens (tertiary/aromatic N) is 1. The first kappa shape index (κ1) is 7.59. The number of aromatic nitrogens is 1. The third-order valence-electron chi connectivity index (χ3n) is 0.946. The van der Waals surface area contributed by atoms with Crippen LogP contribution >= 0.6 is 22.6 Å². The van der Waals surface area contributed by atoms with Crippen LogP contribution in [-0.4, -0.2) is 11.3 Å². The van der Waals surface area contributed by atoms with Crippen LogP contribution in [0.5, 0.6) is 0 Å². The lowest BCUT2D eigenvalue weighted by Crippen LogP contribution is -1.92. The first-order valence-corrected chi connectivity index (χ1v) is 3.59. The molecule has 4 heteroatoms. The smallest absolute Gasteiger partial charge is 0.168 e. The number of carbonyl (C=O) groups is 1. The molecule has 0 spiro atoms. The molecule has 0 fully saturated rings. The number of rotatable bonds is 1. The molecule has 0 aromatic carbocycles. The number of pyridine rings is 1. The molecule has 10 heavy (non-hydrogen) atoms. The Labute approximate surface area is 70.6 Å². The second-order valence-corrected chi connectivity index (χ2v) is 2.65. The van der Waals surface area contributed by atoms with Crippen molar-refractivity contribution in [3.8, 4) is 0 Å². The van der Waals surface area contributed by atoms with Crippen molar-refractivity contribution in [3.63, 3.8) is 0 Å². The average molecular weight is 251 g/mol. The monoisotopic (exact) mass is 251 g/mol. The van der Waals surface area contributed by atoms with Crippen LogP contribution in [0.25, 0.3) is 0 Å². The maximum atomic E-state index is 12.4. The SMILES string of the molecule is O=Cc1ccc(F)c(I)n1. The van der Waals surface area contributed by atoms with Gasteiger partial charge in [0.15, 0.2) is 12.1 Å². The molecular weight excluding hydrogens is 248 g/mol. The summed E-state index contributed by atoms with van der Waals surface area (Å²) in [5.41, 5.74) is 0.255. The highest BCUT2D eigenvalue weighted by atomic mass is 127. The van der Waals surface area contributed by atoms with E-state index < -0.39 is 5.82 Å². The predicted molar refractivity (Wildman–Crippen MR) is 42.3 cm³/mol. The summed E-state index contributed by atoms with van der Waals surface area (Å²) in [7, 11) is 0. The van der Waals surface area contributed by atoms with Crippen molar-refractivity contribution in [3.05, 3.63) is 27.3 Å². The zero-order chi connectivity index (χ0) is 7.56. The van der Waals surface area contributed by atoms with Crippen LogP contribution in [0.4, 0.5) is 4.39 Å². The van der Waals surface area contributed by atoms with Crippen LogP contribution in [0.2, 0.25) is 0 Å². The second kappa shape index (κ2) is 3.05. The molecule has 0 aliphatic rings. The van der Waals surface area contributed by atoms with Crippen LogP contribution in [0.1, 0.15) is 10.5 Å². The molecule has 2 nitrogen and oxygen atoms in total. The summed E-state index contributed by atoms with van der Waals surface area (Å²) in [4.78, 5) is 13.7. The van der Waals surface area contributed by atoms with Crippen LogP contribution in [0.15, 0.2) is 12.1 Å². The summed E-state index contributed by atoms with van der Waals surface area (Å²) in [6, 6.07) is 2.56. The van der Waals surface area contributed by atoms with Crippen LogP contribution in [-0.2, 0) is 0 Å². The fraction of sp³-hybridized carbons (Fsp3) is 0. The summed E-state index contributed by atoms with van der Waals surface area (Å²) in [5, 5.41) is 0. The van der Waals surface area contributed by atoms with Gasteiger partial charge in [-0.1, -0.05) is 0 Å². The standard InChI is InChI=1S/C6H3FINO/c7-5-2-1-4(3-10)9-6(5)8/h1-3H. The van der Waals surface area contributed by atoms with Crippen molar-refractivity contribution in [2.24, 2.45) is 0 Å². The normalized spacial score (nSPS) is 9.40. The van der Waals surface area contributed by atoms with Crippen molar-refractivity contribution in [1.82, 2.24) is 4.98 Å². The van der Waals surface area contributed by atoms with Gasteiger partial charge in [0.2, 0.25) is 0 Å². The maximum absolute atomic E-state index is 12.4. The summed E-state index contributed by atoms with van der Waals surface area (Å²) >= 11 is 1.73. The fourth-order valence-electron chi connectivity index (χ4n) is 0.497. The average Bonchev–Trinajstić information content (AvgIpc) is 1.95. The molecule has 0 N–H and O–H groups in total. The zero-order valence-corrected chi connectivity index (χ0v) is 7.00. The Kier molecular flexibility index (Phi) is 2.31. The molecule has 0 unspecified atom stereocenters. The highest BCUT2D eigenvalue weighted by molar-refractivity contribution is 14.1. The Balaban J connectivity index is 3.16. The summed E-state index contributed by atoms with van der Waals surface area (Å²) in [6.07, 6.45) is 0.585. The Morgan fingerprint density at radius 3 is 2.80 bits per heavy atom. The number of hydrogen-bond acceptors (Lipinski definition) is 2. The van der Waals surface area contributed by atoms with Crippen molar-refractivity contribution < 1.29 is 9.18 Å². The quantitative estimate of drug-likeness (QED) is 0.431. The van der Waals surface area contributed by atoms with Gasteiger partial charge in [0.05, 0.1) is 0 Å². The van der Waals surface area contributed by atoms with E-state index in [0.29, 0.717) is 6.29 Å². The van der Waals surface area contributed by atoms with Crippen LogP contribution in [0.3, 0.4) is 0 Å². The van der Waals surface area contributed by atoms with Crippen LogP contribution in [0, 0.1) is 9.52 Å². The molecular formula is C6H3FINO. The highest BCUT2D eigenvalue weighted by Crippen LogP contribution is 2.06. The number of carbonyl (C=O) groups excluding carboxylic acids is 1. The fourth-order valence-corrected chi connectivity index (χ4v) is 0.955. The van der Waals surface area contributed by atoms with E-state index in [1.165, 1.54) is 12.1 Å². The lowest BCUT2D eigenvalue weighted by atomic mass is 10.4. The Morgan fingerprint density at radius 1 is 1.60 bits per heavy atom. The molecule has 1 heterocycles. The van der Waals surface area contributed by atoms with E-state index >= 15 is 0 Å². The third kappa shape index (κ3) is 1.50. The lowest BCUT2D eigenvalue weighted by molar-refractivity contribution is 0.111. The van der Waals surface area contributed by atoms with Gasteiger partial charge in [-0.25, -0.2) is 9.37 Å². The van der Waals surface area contributed by atoms with Gasteiger partial charge in [0, 0.05) is 0 Å². The minimum atomic E-state index is -0.397. The van der Waals surface area contributed by atoms with E-state index in [9.17, 15) is 9.18 Å². The predicted octanol–water partition coefficient (Wildman–Crippen LogP) is 1.64. The summed E-state index contributed by atoms with van der Waals surface area (Å²) < 4.78 is 12.7. The Hall–Kier alpha value is -0.520. The van der Waals surface area contributed by atoms with Gasteiger partial charge in [0.25, 0.3) is 0 Å². The lowest BCUT2D eigenvalue weighted by Gasteiger charge is -1.91. The molecule has 0 bridgehead atoms. The Bertz CT molecular complexity index is 264. The van der Waals surface area contributed by atoms with Crippen molar-refractivity contribution in [1.29, 1.82) is 0 Å². The van der Waals surface area contributed by atoms with E-state index in [1.54, 1.807) is 22.6 Å². The van der Waals surface area contributed by atoms with Gasteiger partial charge in [0.1, 0.15) is 9.39 Å². The maximum Gasteiger partial charge on any atom is 0.168 e. The first-order valence-electron chi connectivity index (χ1n) is 2.51. The van der Waals surface area contributed by atoms with Gasteiger partial charge in [-0.3, -0.25) is 4.79 Å². The van der Waals surface area contributed by atoms with Crippen molar-refractivity contribution in [2.75, 3.05) is 0 Å². The molecule has 0 aliphatic carbocycles. The molecule has 0 aliphatic heterocycles. The topological polar surface area (TPSA) is 30.0 Å². The van der Waals surface area contributed by atoms with E-state index in [-0.39, 0.29) is 9.39 Å². The van der Waals surface area contributed by atoms with Gasteiger partial charge in [-0.2, -0.15) is 0 Å². The van der Waals surface area contributed by atoms with Crippen LogP contribution < -0.4 is 0 Å². The van der Waals surface area contributed by atoms with E-state index in [2.05, 4.69) is 4.98 Å². The largest absolute Gasteiger partial charge is 0.296 e. The molecule has 0 atom stereocenters. The first-order chi connectivity index (χ1) is 4.74. The second-order valence-electron chi connectivity index (χ2n) is 1.63. The third-order valence-corrected chi connectivity index (χ3v) is 1.70. The van der Waals surface area contributed by atoms with Gasteiger partial charge >= 0.3 is 0 Å². The van der Waals surface area contributed by atoms with E-state index in [4.69, 9.17) is 0 Å². The molecule has 0 amide bonds. The molecule has 1 aromatic rings. The molecule has 0 radical (unpaired) electrons. The van der Waals surface area contributed by atoms with Gasteiger partial charge in [-0.15, -0.1) is 0 Å². The molecule has 52 valence electrons. The minimum Gasteiger partial charge on any atom is -0.296 e. The minimum absolute atomic E-state index is 0.224. The molecule has 1 aromatic heterocycles. The van der Waals surface area contributed by atoms with Crippen molar-refractivity contribution >= 4 is 28.9 Å². The Morgan fingerprint density at radius 2 is 2.30 bits per heavy atom. The number of hydrogen-bond donors (Lipinski definition) is 0. The molecule has 0 saturated carbocycles. The molecule has 0 saturated heterocycles.